The van der Waals surface area contributed by atoms with Gasteiger partial charge >= 0.3 is 0 Å². The highest BCUT2D eigenvalue weighted by molar-refractivity contribution is 5.85. The van der Waals surface area contributed by atoms with E-state index < -0.39 is 0 Å². The Morgan fingerprint density at radius 1 is 1.20 bits per heavy atom. The Morgan fingerprint density at radius 3 is 2.96 bits per heavy atom. The van der Waals surface area contributed by atoms with Gasteiger partial charge in [0.1, 0.15) is 11.3 Å². The predicted molar refractivity (Wildman–Crippen MR) is 104 cm³/mol. The number of hydrogen-bond acceptors (Lipinski definition) is 5. The molecule has 4 rings (SSSR count). The number of hydrogen-bond donors (Lipinski definition) is 2. The summed E-state index contributed by atoms with van der Waals surface area (Å²) in [5.74, 6) is 1.78. The number of rotatable bonds is 4. The molecule has 6 nitrogen and oxygen atoms in total. The summed E-state index contributed by atoms with van der Waals surface area (Å²) in [4.78, 5) is 9.25. The van der Waals surface area contributed by atoms with Gasteiger partial charge in [-0.3, -0.25) is 4.57 Å². The molecule has 3 aromatic heterocycles. The highest BCUT2D eigenvalue weighted by Crippen LogP contribution is 2.21. The van der Waals surface area contributed by atoms with Crippen LogP contribution >= 0.6 is 24.8 Å². The van der Waals surface area contributed by atoms with Gasteiger partial charge in [-0.1, -0.05) is 0 Å². The Labute approximate surface area is 159 Å². The average molecular weight is 384 g/mol. The lowest BCUT2D eigenvalue weighted by molar-refractivity contribution is 0.495. The van der Waals surface area contributed by atoms with E-state index in [0.717, 1.165) is 48.8 Å². The minimum atomic E-state index is 0. The number of furan rings is 1. The maximum absolute atomic E-state index is 5.51. The monoisotopic (exact) mass is 383 g/mol. The summed E-state index contributed by atoms with van der Waals surface area (Å²) >= 11 is 0. The minimum absolute atomic E-state index is 0. The van der Waals surface area contributed by atoms with Crippen molar-refractivity contribution in [2.24, 2.45) is 0 Å². The fourth-order valence-electron chi connectivity index (χ4n) is 3.12. The zero-order valence-electron chi connectivity index (χ0n) is 13.9. The molecule has 0 saturated carbocycles. The molecule has 0 amide bonds. The van der Waals surface area contributed by atoms with Crippen LogP contribution in [0.15, 0.2) is 41.1 Å². The molecular weight excluding hydrogens is 361 g/mol. The van der Waals surface area contributed by atoms with Crippen molar-refractivity contribution in [1.82, 2.24) is 19.9 Å². The molecule has 8 heteroatoms. The number of nitrogens with zero attached hydrogens (tertiary/aromatic N) is 3. The van der Waals surface area contributed by atoms with E-state index in [1.807, 2.05) is 30.5 Å². The van der Waals surface area contributed by atoms with Gasteiger partial charge in [-0.25, -0.2) is 9.97 Å². The third-order valence-corrected chi connectivity index (χ3v) is 4.31. The number of halogens is 2. The van der Waals surface area contributed by atoms with Crippen molar-refractivity contribution in [3.05, 3.63) is 42.5 Å². The van der Waals surface area contributed by atoms with Gasteiger partial charge in [0.2, 0.25) is 5.95 Å². The van der Waals surface area contributed by atoms with E-state index in [0.29, 0.717) is 12.6 Å². The summed E-state index contributed by atoms with van der Waals surface area (Å²) in [6.45, 7) is 2.78. The molecule has 1 saturated heterocycles. The maximum atomic E-state index is 5.51. The van der Waals surface area contributed by atoms with E-state index in [4.69, 9.17) is 9.40 Å². The van der Waals surface area contributed by atoms with Crippen LogP contribution in [0, 0.1) is 0 Å². The SMILES string of the molecule is Cl.Cl.c1coc(Cn2c(NC3CCCNCC3)nc3cccnc32)c1. The molecule has 1 fully saturated rings. The quantitative estimate of drug-likeness (QED) is 0.721. The molecule has 0 bridgehead atoms. The molecular formula is C17H23Cl2N5O. The molecule has 0 aromatic carbocycles. The molecule has 0 spiro atoms. The predicted octanol–water partition coefficient (Wildman–Crippen LogP) is 3.47. The van der Waals surface area contributed by atoms with Gasteiger partial charge in [-0.2, -0.15) is 0 Å². The second-order valence-electron chi connectivity index (χ2n) is 5.97. The second kappa shape index (κ2) is 9.08. The Balaban J connectivity index is 0.00000113. The van der Waals surface area contributed by atoms with Crippen molar-refractivity contribution < 1.29 is 4.42 Å². The van der Waals surface area contributed by atoms with Crippen molar-refractivity contribution in [3.63, 3.8) is 0 Å². The Hall–Kier alpha value is -1.76. The molecule has 0 aliphatic carbocycles. The van der Waals surface area contributed by atoms with Gasteiger partial charge in [0, 0.05) is 12.2 Å². The molecule has 3 aromatic rings. The summed E-state index contributed by atoms with van der Waals surface area (Å²) < 4.78 is 7.61. The van der Waals surface area contributed by atoms with Gasteiger partial charge in [-0.05, 0) is 56.6 Å². The number of aromatic nitrogens is 3. The molecule has 2 N–H and O–H groups in total. The number of pyridine rings is 1. The number of imidazole rings is 1. The number of nitrogens with one attached hydrogen (secondary N) is 2. The van der Waals surface area contributed by atoms with E-state index in [9.17, 15) is 0 Å². The highest BCUT2D eigenvalue weighted by Gasteiger charge is 2.17. The third kappa shape index (κ3) is 4.45. The maximum Gasteiger partial charge on any atom is 0.205 e. The lowest BCUT2D eigenvalue weighted by atomic mass is 10.1. The van der Waals surface area contributed by atoms with Gasteiger partial charge in [0.15, 0.2) is 5.65 Å². The van der Waals surface area contributed by atoms with Crippen LogP contribution in [0.5, 0.6) is 0 Å². The van der Waals surface area contributed by atoms with Crippen LogP contribution in [0.3, 0.4) is 0 Å². The average Bonchev–Trinajstić information content (AvgIpc) is 3.11. The van der Waals surface area contributed by atoms with Crippen LogP contribution in [-0.2, 0) is 6.54 Å². The smallest absolute Gasteiger partial charge is 0.205 e. The Kier molecular flexibility index (Phi) is 7.11. The van der Waals surface area contributed by atoms with Crippen LogP contribution in [-0.4, -0.2) is 33.7 Å². The first-order valence-electron chi connectivity index (χ1n) is 8.21. The summed E-state index contributed by atoms with van der Waals surface area (Å²) in [5, 5.41) is 7.07. The van der Waals surface area contributed by atoms with Crippen molar-refractivity contribution in [3.8, 4) is 0 Å². The van der Waals surface area contributed by atoms with E-state index >= 15 is 0 Å². The van der Waals surface area contributed by atoms with Gasteiger partial charge in [-0.15, -0.1) is 24.8 Å². The van der Waals surface area contributed by atoms with E-state index in [1.54, 1.807) is 6.26 Å². The van der Waals surface area contributed by atoms with Gasteiger partial charge in [0.05, 0.1) is 12.8 Å². The van der Waals surface area contributed by atoms with Crippen LogP contribution in [0.2, 0.25) is 0 Å². The third-order valence-electron chi connectivity index (χ3n) is 4.31. The van der Waals surface area contributed by atoms with E-state index in [2.05, 4.69) is 20.2 Å². The molecule has 1 unspecified atom stereocenters. The van der Waals surface area contributed by atoms with Crippen LogP contribution in [0.25, 0.3) is 11.2 Å². The van der Waals surface area contributed by atoms with Crippen LogP contribution in [0.4, 0.5) is 5.95 Å². The lowest BCUT2D eigenvalue weighted by Crippen LogP contribution is -2.23. The fourth-order valence-corrected chi connectivity index (χ4v) is 3.12. The summed E-state index contributed by atoms with van der Waals surface area (Å²) in [6.07, 6.45) is 6.96. The number of fused-ring (bicyclic) bond motifs is 1. The van der Waals surface area contributed by atoms with Gasteiger partial charge in [0.25, 0.3) is 0 Å². The molecule has 0 radical (unpaired) electrons. The first-order chi connectivity index (χ1) is 11.4. The van der Waals surface area contributed by atoms with Crippen molar-refractivity contribution in [2.75, 3.05) is 18.4 Å². The fraction of sp³-hybridized carbons (Fsp3) is 0.412. The number of anilines is 1. The van der Waals surface area contributed by atoms with Crippen molar-refractivity contribution in [2.45, 2.75) is 31.8 Å². The molecule has 25 heavy (non-hydrogen) atoms. The summed E-state index contributed by atoms with van der Waals surface area (Å²) in [7, 11) is 0. The first-order valence-corrected chi connectivity index (χ1v) is 8.21. The van der Waals surface area contributed by atoms with Crippen LogP contribution < -0.4 is 10.6 Å². The zero-order chi connectivity index (χ0) is 15.5. The largest absolute Gasteiger partial charge is 0.467 e. The normalized spacial score (nSPS) is 17.4. The lowest BCUT2D eigenvalue weighted by Gasteiger charge is -2.17. The Bertz CT molecular complexity index is 767. The standard InChI is InChI=1S/C17H21N5O.2ClH/c1-4-13(7-10-18-8-1)20-17-21-15-6-2-9-19-16(15)22(17)12-14-5-3-11-23-14;;/h2-3,5-6,9,11,13,18H,1,4,7-8,10,12H2,(H,20,21);2*1H. The van der Waals surface area contributed by atoms with Crippen molar-refractivity contribution >= 4 is 41.9 Å². The van der Waals surface area contributed by atoms with Crippen molar-refractivity contribution in [1.29, 1.82) is 0 Å². The second-order valence-corrected chi connectivity index (χ2v) is 5.97. The van der Waals surface area contributed by atoms with Crippen LogP contribution in [0.1, 0.15) is 25.0 Å². The first kappa shape index (κ1) is 19.6. The topological polar surface area (TPSA) is 67.9 Å². The zero-order valence-corrected chi connectivity index (χ0v) is 15.5. The minimum Gasteiger partial charge on any atom is -0.467 e. The van der Waals surface area contributed by atoms with E-state index in [1.165, 1.54) is 6.42 Å². The van der Waals surface area contributed by atoms with E-state index in [-0.39, 0.29) is 24.8 Å². The molecule has 1 atom stereocenters. The van der Waals surface area contributed by atoms with Gasteiger partial charge < -0.3 is 15.1 Å². The molecule has 1 aliphatic rings. The summed E-state index contributed by atoms with van der Waals surface area (Å²) in [6, 6.07) is 8.25. The Morgan fingerprint density at radius 2 is 2.12 bits per heavy atom. The summed E-state index contributed by atoms with van der Waals surface area (Å²) in [5.41, 5.74) is 1.80. The molecule has 1 aliphatic heterocycles. The highest BCUT2D eigenvalue weighted by atomic mass is 35.5. The molecule has 136 valence electrons. The molecule has 4 heterocycles.